The van der Waals surface area contributed by atoms with E-state index in [2.05, 4.69) is 15.7 Å². The molecule has 2 heterocycles. The van der Waals surface area contributed by atoms with Gasteiger partial charge >= 0.3 is 6.03 Å². The highest BCUT2D eigenvalue weighted by atomic mass is 19.1. The number of amides is 3. The van der Waals surface area contributed by atoms with Crippen molar-refractivity contribution >= 4 is 23.4 Å². The average molecular weight is 386 g/mol. The number of carbonyl (C=O) groups is 2. The van der Waals surface area contributed by atoms with E-state index in [1.165, 1.54) is 22.9 Å². The first-order valence-corrected chi connectivity index (χ1v) is 8.66. The van der Waals surface area contributed by atoms with E-state index in [-0.39, 0.29) is 34.9 Å². The van der Waals surface area contributed by atoms with Gasteiger partial charge < -0.3 is 15.3 Å². The van der Waals surface area contributed by atoms with Crippen LogP contribution in [0.3, 0.4) is 0 Å². The van der Waals surface area contributed by atoms with Gasteiger partial charge in [-0.1, -0.05) is 0 Å². The first kappa shape index (κ1) is 19.3. The minimum atomic E-state index is -0.670. The van der Waals surface area contributed by atoms with Gasteiger partial charge in [0.1, 0.15) is 17.6 Å². The summed E-state index contributed by atoms with van der Waals surface area (Å²) in [6, 6.07) is 6.45. The second-order valence-electron chi connectivity index (χ2n) is 6.45. The molecule has 0 saturated carbocycles. The Kier molecular flexibility index (Phi) is 5.56. The van der Waals surface area contributed by atoms with E-state index in [1.54, 1.807) is 18.0 Å². The number of rotatable bonds is 3. The molecule has 1 aromatic carbocycles. The number of nitrogens with zero attached hydrogens (tertiary/aromatic N) is 4. The maximum absolute atomic E-state index is 13.4. The van der Waals surface area contributed by atoms with Crippen LogP contribution in [-0.4, -0.2) is 50.9 Å². The molecular formula is C18H19FN6O3. The van der Waals surface area contributed by atoms with Gasteiger partial charge in [-0.3, -0.25) is 14.8 Å². The highest BCUT2D eigenvalue weighted by Crippen LogP contribution is 2.17. The van der Waals surface area contributed by atoms with Crippen LogP contribution in [0.2, 0.25) is 0 Å². The lowest BCUT2D eigenvalue weighted by atomic mass is 10.1. The molecule has 0 radical (unpaired) electrons. The van der Waals surface area contributed by atoms with Crippen LogP contribution in [0, 0.1) is 17.1 Å². The second-order valence-corrected chi connectivity index (χ2v) is 6.45. The zero-order chi connectivity index (χ0) is 20.3. The highest BCUT2D eigenvalue weighted by Gasteiger charge is 2.22. The quantitative estimate of drug-likeness (QED) is 0.740. The van der Waals surface area contributed by atoms with Crippen LogP contribution in [0.15, 0.2) is 24.3 Å². The number of carbonyl (C=O) groups excluding carboxylic acids is 2. The fourth-order valence-electron chi connectivity index (χ4n) is 2.88. The predicted octanol–water partition coefficient (Wildman–Crippen LogP) is 1.67. The SMILES string of the molecule is Cn1nc(NC(=O)N2CCC(O)CC2)cc1C(=O)Nc1ccc(F)c(C#N)c1. The summed E-state index contributed by atoms with van der Waals surface area (Å²) >= 11 is 0. The van der Waals surface area contributed by atoms with Crippen LogP contribution >= 0.6 is 0 Å². The number of aromatic nitrogens is 2. The third kappa shape index (κ3) is 4.27. The number of anilines is 2. The monoisotopic (exact) mass is 386 g/mol. The van der Waals surface area contributed by atoms with E-state index in [4.69, 9.17) is 5.26 Å². The summed E-state index contributed by atoms with van der Waals surface area (Å²) in [4.78, 5) is 26.3. The van der Waals surface area contributed by atoms with Gasteiger partial charge in [0.15, 0.2) is 5.82 Å². The summed E-state index contributed by atoms with van der Waals surface area (Å²) in [6.45, 7) is 0.887. The Morgan fingerprint density at radius 3 is 2.68 bits per heavy atom. The van der Waals surface area contributed by atoms with E-state index >= 15 is 0 Å². The van der Waals surface area contributed by atoms with Gasteiger partial charge in [-0.15, -0.1) is 0 Å². The topological polar surface area (TPSA) is 123 Å². The van der Waals surface area contributed by atoms with Crippen molar-refractivity contribution in [3.8, 4) is 6.07 Å². The van der Waals surface area contributed by atoms with Crippen LogP contribution in [0.5, 0.6) is 0 Å². The molecule has 1 saturated heterocycles. The number of benzene rings is 1. The van der Waals surface area contributed by atoms with Crippen molar-refractivity contribution < 1.29 is 19.1 Å². The number of nitriles is 1. The van der Waals surface area contributed by atoms with Crippen molar-refractivity contribution in [2.45, 2.75) is 18.9 Å². The fourth-order valence-corrected chi connectivity index (χ4v) is 2.88. The molecule has 3 amide bonds. The smallest absolute Gasteiger partial charge is 0.323 e. The zero-order valence-electron chi connectivity index (χ0n) is 15.1. The van der Waals surface area contributed by atoms with Crippen molar-refractivity contribution in [2.24, 2.45) is 7.05 Å². The largest absolute Gasteiger partial charge is 0.393 e. The van der Waals surface area contributed by atoms with Crippen molar-refractivity contribution in [2.75, 3.05) is 23.7 Å². The summed E-state index contributed by atoms with van der Waals surface area (Å²) < 4.78 is 14.7. The van der Waals surface area contributed by atoms with E-state index in [1.807, 2.05) is 0 Å². The molecule has 0 bridgehead atoms. The van der Waals surface area contributed by atoms with Crippen LogP contribution in [0.25, 0.3) is 0 Å². The molecule has 28 heavy (non-hydrogen) atoms. The van der Waals surface area contributed by atoms with Crippen LogP contribution in [-0.2, 0) is 7.05 Å². The molecule has 1 fully saturated rings. The van der Waals surface area contributed by atoms with Gasteiger partial charge in [0.25, 0.3) is 5.91 Å². The van der Waals surface area contributed by atoms with Crippen LogP contribution < -0.4 is 10.6 Å². The number of hydrogen-bond donors (Lipinski definition) is 3. The van der Waals surface area contributed by atoms with Crippen LogP contribution in [0.1, 0.15) is 28.9 Å². The maximum atomic E-state index is 13.4. The molecule has 1 aromatic heterocycles. The molecule has 3 N–H and O–H groups in total. The first-order chi connectivity index (χ1) is 13.4. The lowest BCUT2D eigenvalue weighted by molar-refractivity contribution is 0.0970. The molecule has 0 atom stereocenters. The summed E-state index contributed by atoms with van der Waals surface area (Å²) in [7, 11) is 1.55. The van der Waals surface area contributed by atoms with Crippen molar-refractivity contribution in [1.29, 1.82) is 5.26 Å². The lowest BCUT2D eigenvalue weighted by Gasteiger charge is -2.29. The number of aliphatic hydroxyl groups is 1. The molecule has 10 heteroatoms. The Balaban J connectivity index is 1.67. The summed E-state index contributed by atoms with van der Waals surface area (Å²) in [6.07, 6.45) is 0.652. The first-order valence-electron chi connectivity index (χ1n) is 8.66. The summed E-state index contributed by atoms with van der Waals surface area (Å²) in [5.41, 5.74) is 0.260. The number of urea groups is 1. The molecule has 0 aliphatic carbocycles. The Hall–Kier alpha value is -3.45. The second kappa shape index (κ2) is 8.06. The van der Waals surface area contributed by atoms with E-state index in [0.29, 0.717) is 25.9 Å². The highest BCUT2D eigenvalue weighted by molar-refractivity contribution is 6.04. The summed E-state index contributed by atoms with van der Waals surface area (Å²) in [5.74, 6) is -0.982. The van der Waals surface area contributed by atoms with Crippen LogP contribution in [0.4, 0.5) is 20.7 Å². The average Bonchev–Trinajstić information content (AvgIpc) is 3.04. The fraction of sp³-hybridized carbons (Fsp3) is 0.333. The van der Waals surface area contributed by atoms with Crippen molar-refractivity contribution in [3.05, 3.63) is 41.3 Å². The minimum absolute atomic E-state index is 0.173. The van der Waals surface area contributed by atoms with Gasteiger partial charge in [0, 0.05) is 31.9 Å². The van der Waals surface area contributed by atoms with E-state index in [0.717, 1.165) is 6.07 Å². The molecule has 146 valence electrons. The van der Waals surface area contributed by atoms with Gasteiger partial charge in [-0.25, -0.2) is 9.18 Å². The summed E-state index contributed by atoms with van der Waals surface area (Å²) in [5, 5.41) is 27.7. The number of halogens is 1. The molecule has 1 aliphatic heterocycles. The zero-order valence-corrected chi connectivity index (χ0v) is 15.1. The molecule has 1 aliphatic rings. The third-order valence-electron chi connectivity index (χ3n) is 4.44. The van der Waals surface area contributed by atoms with Gasteiger partial charge in [0.2, 0.25) is 0 Å². The number of hydrogen-bond acceptors (Lipinski definition) is 5. The molecule has 9 nitrogen and oxygen atoms in total. The van der Waals surface area contributed by atoms with Gasteiger partial charge in [-0.2, -0.15) is 10.4 Å². The standard InChI is InChI=1S/C18H19FN6O3/c1-24-15(17(27)21-12-2-3-14(19)11(8-12)10-20)9-16(23-24)22-18(28)25-6-4-13(26)5-7-25/h2-3,8-9,13,26H,4-7H2,1H3,(H,21,27)(H,22,23,28). The number of aliphatic hydroxyl groups excluding tert-OH is 1. The molecule has 0 unspecified atom stereocenters. The molecular weight excluding hydrogens is 367 g/mol. The van der Waals surface area contributed by atoms with E-state index in [9.17, 15) is 19.1 Å². The Bertz CT molecular complexity index is 943. The van der Waals surface area contributed by atoms with Crippen molar-refractivity contribution in [1.82, 2.24) is 14.7 Å². The lowest BCUT2D eigenvalue weighted by Crippen LogP contribution is -2.42. The minimum Gasteiger partial charge on any atom is -0.393 e. The number of piperidine rings is 1. The Labute approximate surface area is 160 Å². The van der Waals surface area contributed by atoms with Gasteiger partial charge in [0.05, 0.1) is 11.7 Å². The predicted molar refractivity (Wildman–Crippen MR) is 98.1 cm³/mol. The molecule has 2 aromatic rings. The number of aryl methyl sites for hydroxylation is 1. The Morgan fingerprint density at radius 2 is 2.00 bits per heavy atom. The Morgan fingerprint density at radius 1 is 1.29 bits per heavy atom. The normalized spacial score (nSPS) is 14.4. The number of likely N-dealkylation sites (tertiary alicyclic amines) is 1. The molecule has 0 spiro atoms. The van der Waals surface area contributed by atoms with Crippen molar-refractivity contribution in [3.63, 3.8) is 0 Å². The molecule has 3 rings (SSSR count). The van der Waals surface area contributed by atoms with Gasteiger partial charge in [-0.05, 0) is 31.0 Å². The number of nitrogens with one attached hydrogen (secondary N) is 2. The van der Waals surface area contributed by atoms with E-state index < -0.39 is 11.7 Å². The third-order valence-corrected chi connectivity index (χ3v) is 4.44. The maximum Gasteiger partial charge on any atom is 0.323 e.